The maximum atomic E-state index is 12.9. The van der Waals surface area contributed by atoms with Gasteiger partial charge in [0.05, 0.1) is 6.61 Å². The van der Waals surface area contributed by atoms with Crippen LogP contribution in [0.1, 0.15) is 245 Å². The molecule has 1 saturated carbocycles. The summed E-state index contributed by atoms with van der Waals surface area (Å²) in [6, 6.07) is 0. The smallest absolute Gasteiger partial charge is 0.462 e. The molecule has 73 heavy (non-hydrogen) atoms. The molecule has 0 aromatic carbocycles. The summed E-state index contributed by atoms with van der Waals surface area (Å²) in [5.41, 5.74) is 0. The van der Waals surface area contributed by atoms with Crippen LogP contribution in [0.3, 0.4) is 0 Å². The summed E-state index contributed by atoms with van der Waals surface area (Å²) in [5.74, 6) is -1.20. The van der Waals surface area contributed by atoms with Gasteiger partial charge >= 0.3 is 19.8 Å². The first-order chi connectivity index (χ1) is 35.4. The number of unbranched alkanes of at least 4 members (excludes halogenated alkanes) is 27. The van der Waals surface area contributed by atoms with Crippen LogP contribution in [0.4, 0.5) is 0 Å². The van der Waals surface area contributed by atoms with E-state index in [0.29, 0.717) is 25.7 Å². The topological polar surface area (TPSA) is 210 Å². The lowest BCUT2D eigenvalue weighted by Crippen LogP contribution is -2.64. The quantitative estimate of drug-likeness (QED) is 0.0145. The van der Waals surface area contributed by atoms with Gasteiger partial charge in [-0.05, 0) is 70.6 Å². The lowest BCUT2D eigenvalue weighted by Gasteiger charge is -2.41. The number of hydrogen-bond donors (Lipinski definition) is 6. The SMILES string of the molecule is CCCCCCCCC/C=C/C/C=C/C/C=C/C/C=C/CCCC(=O)O[C@@H](COC(=O)CCC/C=C/CCCCCCCCCCCCCCCCCCCC)COP(=O)(O)OC1C(O)C(O)C(O)[C@H](O)C1O. The van der Waals surface area contributed by atoms with Gasteiger partial charge in [0.1, 0.15) is 43.2 Å². The van der Waals surface area contributed by atoms with Crippen LogP contribution < -0.4 is 0 Å². The van der Waals surface area contributed by atoms with Gasteiger partial charge in [-0.25, -0.2) is 4.57 Å². The molecule has 0 spiro atoms. The van der Waals surface area contributed by atoms with Crippen LogP contribution in [0.25, 0.3) is 0 Å². The van der Waals surface area contributed by atoms with Crippen molar-refractivity contribution in [1.29, 1.82) is 0 Å². The first-order valence-corrected chi connectivity index (χ1v) is 30.6. The van der Waals surface area contributed by atoms with Crippen LogP contribution in [0.5, 0.6) is 0 Å². The highest BCUT2D eigenvalue weighted by atomic mass is 31.2. The number of ether oxygens (including phenoxy) is 2. The van der Waals surface area contributed by atoms with E-state index in [4.69, 9.17) is 18.5 Å². The van der Waals surface area contributed by atoms with E-state index in [-0.39, 0.29) is 12.8 Å². The van der Waals surface area contributed by atoms with E-state index < -0.39 is 75.7 Å². The number of phosphoric ester groups is 1. The summed E-state index contributed by atoms with van der Waals surface area (Å²) in [7, 11) is -5.15. The Morgan fingerprint density at radius 2 is 0.740 bits per heavy atom. The summed E-state index contributed by atoms with van der Waals surface area (Å²) in [5, 5.41) is 50.4. The number of allylic oxidation sites excluding steroid dienone is 10. The lowest BCUT2D eigenvalue weighted by atomic mass is 9.85. The number of carbonyl (C=O) groups is 2. The predicted octanol–water partition coefficient (Wildman–Crippen LogP) is 13.6. The molecular weight excluding hydrogens is 948 g/mol. The maximum absolute atomic E-state index is 12.9. The minimum atomic E-state index is -5.15. The van der Waals surface area contributed by atoms with E-state index in [1.165, 1.54) is 154 Å². The van der Waals surface area contributed by atoms with E-state index >= 15 is 0 Å². The van der Waals surface area contributed by atoms with Gasteiger partial charge in [-0.3, -0.25) is 18.6 Å². The molecular formula is C59H105O13P. The van der Waals surface area contributed by atoms with Crippen molar-refractivity contribution in [2.75, 3.05) is 13.2 Å². The van der Waals surface area contributed by atoms with Crippen molar-refractivity contribution in [3.63, 3.8) is 0 Å². The van der Waals surface area contributed by atoms with Gasteiger partial charge in [0.15, 0.2) is 6.10 Å². The second kappa shape index (κ2) is 48.0. The fraction of sp³-hybridized carbons (Fsp3) is 0.797. The molecule has 0 aromatic heterocycles. The van der Waals surface area contributed by atoms with Gasteiger partial charge in [-0.2, -0.15) is 0 Å². The van der Waals surface area contributed by atoms with Crippen molar-refractivity contribution in [1.82, 2.24) is 0 Å². The molecule has 1 aliphatic rings. The van der Waals surface area contributed by atoms with Crippen molar-refractivity contribution < 1.29 is 63.1 Å². The third-order valence-corrected chi connectivity index (χ3v) is 14.3. The number of aliphatic hydroxyl groups is 5. The first-order valence-electron chi connectivity index (χ1n) is 29.1. The number of phosphoric acid groups is 1. The van der Waals surface area contributed by atoms with Crippen molar-refractivity contribution in [3.05, 3.63) is 60.8 Å². The van der Waals surface area contributed by atoms with E-state index in [9.17, 15) is 44.6 Å². The van der Waals surface area contributed by atoms with Crippen molar-refractivity contribution >= 4 is 19.8 Å². The minimum absolute atomic E-state index is 0.0145. The van der Waals surface area contributed by atoms with Crippen LogP contribution in [0.2, 0.25) is 0 Å². The van der Waals surface area contributed by atoms with E-state index in [1.54, 1.807) is 0 Å². The minimum Gasteiger partial charge on any atom is -0.462 e. The van der Waals surface area contributed by atoms with E-state index in [2.05, 4.69) is 62.5 Å². The van der Waals surface area contributed by atoms with Crippen molar-refractivity contribution in [2.45, 2.75) is 288 Å². The van der Waals surface area contributed by atoms with E-state index in [0.717, 1.165) is 38.5 Å². The Hall–Kier alpha value is -2.45. The highest BCUT2D eigenvalue weighted by molar-refractivity contribution is 7.47. The molecule has 0 saturated heterocycles. The standard InChI is InChI=1S/C59H105O13P/c1-3-5-7-9-11-13-15-17-19-21-23-25-26-28-29-31-33-35-37-39-41-43-45-47-52(60)69-49-51(50-70-73(67,68)72-59-57(65)55(63)54(62)56(64)58(59)66)71-53(61)48-46-44-42-40-38-36-34-32-30-27-24-22-20-18-16-14-12-10-8-6-4-2/h20,22,27,30,34,36,39-42,51,54-59,62-66H,3-19,21,23-26,28-29,31-33,35,37-38,43-50H2,1-2H3,(H,67,68)/b22-20+,30-27+,36-34+,41-39+,42-40+/t51-,54?,55-,56?,57?,58?,59?/m0/s1. The fourth-order valence-electron chi connectivity index (χ4n) is 8.70. The molecule has 6 unspecified atom stereocenters. The molecule has 0 aromatic rings. The Balaban J connectivity index is 2.39. The molecule has 0 radical (unpaired) electrons. The Labute approximate surface area is 443 Å². The van der Waals surface area contributed by atoms with Gasteiger partial charge < -0.3 is 39.9 Å². The largest absolute Gasteiger partial charge is 0.472 e. The molecule has 8 atom stereocenters. The summed E-state index contributed by atoms with van der Waals surface area (Å²) in [6.07, 6.45) is 48.6. The van der Waals surface area contributed by atoms with Gasteiger partial charge in [-0.15, -0.1) is 0 Å². The highest BCUT2D eigenvalue weighted by Gasteiger charge is 2.51. The zero-order valence-corrected chi connectivity index (χ0v) is 46.6. The second-order valence-corrected chi connectivity index (χ2v) is 21.5. The molecule has 14 heteroatoms. The van der Waals surface area contributed by atoms with Crippen LogP contribution >= 0.6 is 7.82 Å². The number of carbonyl (C=O) groups excluding carboxylic acids is 2. The predicted molar refractivity (Wildman–Crippen MR) is 295 cm³/mol. The Morgan fingerprint density at radius 3 is 1.14 bits per heavy atom. The van der Waals surface area contributed by atoms with Gasteiger partial charge in [0.25, 0.3) is 0 Å². The molecule has 0 heterocycles. The Kier molecular flexibility index (Phi) is 45.0. The zero-order chi connectivity index (χ0) is 53.5. The van der Waals surface area contributed by atoms with Gasteiger partial charge in [-0.1, -0.05) is 222 Å². The number of hydrogen-bond acceptors (Lipinski definition) is 12. The molecule has 1 aliphatic carbocycles. The van der Waals surface area contributed by atoms with Crippen LogP contribution in [0.15, 0.2) is 60.8 Å². The van der Waals surface area contributed by atoms with Gasteiger partial charge in [0.2, 0.25) is 0 Å². The zero-order valence-electron chi connectivity index (χ0n) is 45.7. The van der Waals surface area contributed by atoms with Crippen LogP contribution in [-0.4, -0.2) is 98.3 Å². The van der Waals surface area contributed by atoms with E-state index in [1.807, 2.05) is 12.2 Å². The number of aliphatic hydroxyl groups excluding tert-OH is 5. The Morgan fingerprint density at radius 1 is 0.425 bits per heavy atom. The highest BCUT2D eigenvalue weighted by Crippen LogP contribution is 2.47. The average molecular weight is 1050 g/mol. The number of rotatable bonds is 49. The molecule has 424 valence electrons. The first kappa shape index (κ1) is 68.6. The summed E-state index contributed by atoms with van der Waals surface area (Å²) in [4.78, 5) is 35.9. The van der Waals surface area contributed by atoms with Crippen LogP contribution in [0, 0.1) is 0 Å². The Bertz CT molecular complexity index is 1500. The summed E-state index contributed by atoms with van der Waals surface area (Å²) >= 11 is 0. The third-order valence-electron chi connectivity index (χ3n) is 13.3. The molecule has 0 amide bonds. The molecule has 0 aliphatic heterocycles. The normalized spacial score (nSPS) is 20.8. The van der Waals surface area contributed by atoms with Crippen LogP contribution in [-0.2, 0) is 32.7 Å². The molecule has 6 N–H and O–H groups in total. The monoisotopic (exact) mass is 1050 g/mol. The molecule has 0 bridgehead atoms. The number of esters is 2. The average Bonchev–Trinajstić information content (AvgIpc) is 3.37. The maximum Gasteiger partial charge on any atom is 0.472 e. The summed E-state index contributed by atoms with van der Waals surface area (Å²) < 4.78 is 33.6. The summed E-state index contributed by atoms with van der Waals surface area (Å²) in [6.45, 7) is 3.28. The molecule has 13 nitrogen and oxygen atoms in total. The lowest BCUT2D eigenvalue weighted by molar-refractivity contribution is -0.220. The van der Waals surface area contributed by atoms with Crippen molar-refractivity contribution in [3.8, 4) is 0 Å². The molecule has 1 rings (SSSR count). The fourth-order valence-corrected chi connectivity index (χ4v) is 9.67. The van der Waals surface area contributed by atoms with Crippen molar-refractivity contribution in [2.24, 2.45) is 0 Å². The molecule has 1 fully saturated rings. The third kappa shape index (κ3) is 39.6. The van der Waals surface area contributed by atoms with Gasteiger partial charge in [0, 0.05) is 12.8 Å². The second-order valence-electron chi connectivity index (χ2n) is 20.1.